The van der Waals surface area contributed by atoms with Gasteiger partial charge < -0.3 is 5.32 Å². The van der Waals surface area contributed by atoms with Crippen molar-refractivity contribution in [3.05, 3.63) is 40.8 Å². The molecular formula is C14H15Cl2N3O2S. The Morgan fingerprint density at radius 1 is 1.23 bits per heavy atom. The van der Waals surface area contributed by atoms with Crippen molar-refractivity contribution >= 4 is 44.5 Å². The van der Waals surface area contributed by atoms with Crippen molar-refractivity contribution in [3.8, 4) is 0 Å². The van der Waals surface area contributed by atoms with Crippen LogP contribution >= 0.6 is 23.2 Å². The standard InChI is InChI=1S/C14H15Cl2N3O2S/c1-9(2)8-22(20,21)12-6-4-3-5-11(12)18-13-10(15)7-17-14(16)19-13/h3-7,9H,8H2,1-2H3,(H,17,18,19). The Morgan fingerprint density at radius 2 is 1.91 bits per heavy atom. The minimum absolute atomic E-state index is 0.0226. The predicted octanol–water partition coefficient (Wildman–Crippen LogP) is 3.96. The van der Waals surface area contributed by atoms with Gasteiger partial charge in [0.15, 0.2) is 15.7 Å². The number of hydrogen-bond donors (Lipinski definition) is 1. The van der Waals surface area contributed by atoms with E-state index in [2.05, 4.69) is 15.3 Å². The molecule has 0 aliphatic heterocycles. The lowest BCUT2D eigenvalue weighted by atomic mass is 10.3. The fourth-order valence-corrected chi connectivity index (χ4v) is 4.00. The molecular weight excluding hydrogens is 345 g/mol. The number of nitrogens with zero attached hydrogens (tertiary/aromatic N) is 2. The highest BCUT2D eigenvalue weighted by Gasteiger charge is 2.20. The number of benzene rings is 1. The van der Waals surface area contributed by atoms with Gasteiger partial charge in [0.25, 0.3) is 0 Å². The first-order valence-corrected chi connectivity index (χ1v) is 8.97. The molecule has 0 fully saturated rings. The molecule has 0 radical (unpaired) electrons. The lowest BCUT2D eigenvalue weighted by Crippen LogP contribution is -2.13. The van der Waals surface area contributed by atoms with Crippen molar-refractivity contribution in [3.63, 3.8) is 0 Å². The number of nitrogens with one attached hydrogen (secondary N) is 1. The summed E-state index contributed by atoms with van der Waals surface area (Å²) in [5.74, 6) is 0.341. The van der Waals surface area contributed by atoms with Crippen LogP contribution in [0.3, 0.4) is 0 Å². The molecule has 22 heavy (non-hydrogen) atoms. The first kappa shape index (κ1) is 17.0. The molecule has 0 unspecified atom stereocenters. The Hall–Kier alpha value is -1.37. The predicted molar refractivity (Wildman–Crippen MR) is 88.7 cm³/mol. The van der Waals surface area contributed by atoms with Crippen LogP contribution in [0.15, 0.2) is 35.4 Å². The largest absolute Gasteiger partial charge is 0.338 e. The van der Waals surface area contributed by atoms with Crippen LogP contribution in [0.5, 0.6) is 0 Å². The monoisotopic (exact) mass is 359 g/mol. The molecule has 0 atom stereocenters. The van der Waals surface area contributed by atoms with E-state index in [0.717, 1.165) is 0 Å². The summed E-state index contributed by atoms with van der Waals surface area (Å²) >= 11 is 11.7. The molecule has 0 aliphatic carbocycles. The van der Waals surface area contributed by atoms with Gasteiger partial charge in [0, 0.05) is 0 Å². The van der Waals surface area contributed by atoms with Crippen LogP contribution in [0.4, 0.5) is 11.5 Å². The Kier molecular flexibility index (Phi) is 5.26. The van der Waals surface area contributed by atoms with Crippen molar-refractivity contribution in [2.75, 3.05) is 11.1 Å². The molecule has 0 bridgehead atoms. The number of para-hydroxylation sites is 1. The number of rotatable bonds is 5. The van der Waals surface area contributed by atoms with Gasteiger partial charge in [-0.1, -0.05) is 37.6 Å². The Bertz CT molecular complexity index is 779. The van der Waals surface area contributed by atoms with Crippen molar-refractivity contribution in [2.24, 2.45) is 5.92 Å². The van der Waals surface area contributed by atoms with Crippen LogP contribution in [-0.2, 0) is 9.84 Å². The topological polar surface area (TPSA) is 72.0 Å². The van der Waals surface area contributed by atoms with E-state index in [9.17, 15) is 8.42 Å². The normalized spacial score (nSPS) is 11.7. The van der Waals surface area contributed by atoms with Crippen LogP contribution in [0.2, 0.25) is 10.3 Å². The summed E-state index contributed by atoms with van der Waals surface area (Å²) in [6.07, 6.45) is 1.35. The van der Waals surface area contributed by atoms with Crippen LogP contribution in [0.1, 0.15) is 13.8 Å². The van der Waals surface area contributed by atoms with Gasteiger partial charge in [-0.05, 0) is 29.7 Å². The molecule has 0 saturated carbocycles. The van der Waals surface area contributed by atoms with Gasteiger partial charge in [0.2, 0.25) is 5.28 Å². The Balaban J connectivity index is 2.43. The third-order valence-corrected chi connectivity index (χ3v) is 5.33. The second kappa shape index (κ2) is 6.81. The fraction of sp³-hybridized carbons (Fsp3) is 0.286. The minimum atomic E-state index is -3.42. The minimum Gasteiger partial charge on any atom is -0.338 e. The summed E-state index contributed by atoms with van der Waals surface area (Å²) in [6, 6.07) is 6.61. The van der Waals surface area contributed by atoms with E-state index in [-0.39, 0.29) is 32.7 Å². The molecule has 0 aliphatic rings. The summed E-state index contributed by atoms with van der Waals surface area (Å²) in [7, 11) is -3.42. The lowest BCUT2D eigenvalue weighted by Gasteiger charge is -2.14. The summed E-state index contributed by atoms with van der Waals surface area (Å²) < 4.78 is 24.9. The number of halogens is 2. The van der Waals surface area contributed by atoms with Gasteiger partial charge in [-0.15, -0.1) is 0 Å². The number of aromatic nitrogens is 2. The van der Waals surface area contributed by atoms with E-state index >= 15 is 0 Å². The summed E-state index contributed by atoms with van der Waals surface area (Å²) in [5, 5.41) is 3.19. The van der Waals surface area contributed by atoms with Gasteiger partial charge in [0.05, 0.1) is 22.5 Å². The molecule has 2 aromatic rings. The number of anilines is 2. The van der Waals surface area contributed by atoms with Crippen molar-refractivity contribution in [1.29, 1.82) is 0 Å². The lowest BCUT2D eigenvalue weighted by molar-refractivity contribution is 0.583. The molecule has 0 spiro atoms. The van der Waals surface area contributed by atoms with Crippen LogP contribution < -0.4 is 5.32 Å². The molecule has 2 rings (SSSR count). The zero-order chi connectivity index (χ0) is 16.3. The second-order valence-electron chi connectivity index (χ2n) is 5.13. The third kappa shape index (κ3) is 4.09. The van der Waals surface area contributed by atoms with Gasteiger partial charge in [0.1, 0.15) is 5.02 Å². The van der Waals surface area contributed by atoms with Crippen LogP contribution in [0.25, 0.3) is 0 Å². The number of hydrogen-bond acceptors (Lipinski definition) is 5. The molecule has 0 amide bonds. The first-order valence-electron chi connectivity index (χ1n) is 6.56. The Labute approximate surface area is 139 Å². The van der Waals surface area contributed by atoms with E-state index in [0.29, 0.717) is 5.69 Å². The zero-order valence-electron chi connectivity index (χ0n) is 12.0. The second-order valence-corrected chi connectivity index (χ2v) is 7.88. The average Bonchev–Trinajstić information content (AvgIpc) is 2.42. The molecule has 0 saturated heterocycles. The molecule has 118 valence electrons. The van der Waals surface area contributed by atoms with E-state index in [1.54, 1.807) is 24.3 Å². The quantitative estimate of drug-likeness (QED) is 0.818. The van der Waals surface area contributed by atoms with Crippen molar-refractivity contribution < 1.29 is 8.42 Å². The maximum absolute atomic E-state index is 12.5. The van der Waals surface area contributed by atoms with Crippen LogP contribution in [0, 0.1) is 5.92 Å². The molecule has 1 aromatic heterocycles. The van der Waals surface area contributed by atoms with E-state index in [1.165, 1.54) is 6.20 Å². The van der Waals surface area contributed by atoms with E-state index < -0.39 is 9.84 Å². The highest BCUT2D eigenvalue weighted by atomic mass is 35.5. The van der Waals surface area contributed by atoms with Crippen LogP contribution in [-0.4, -0.2) is 24.1 Å². The third-order valence-electron chi connectivity index (χ3n) is 2.74. The van der Waals surface area contributed by atoms with Crippen molar-refractivity contribution in [1.82, 2.24) is 9.97 Å². The summed E-state index contributed by atoms with van der Waals surface area (Å²) in [6.45, 7) is 3.71. The Morgan fingerprint density at radius 3 is 2.59 bits per heavy atom. The highest BCUT2D eigenvalue weighted by molar-refractivity contribution is 7.91. The smallest absolute Gasteiger partial charge is 0.224 e. The highest BCUT2D eigenvalue weighted by Crippen LogP contribution is 2.29. The maximum atomic E-state index is 12.5. The average molecular weight is 360 g/mol. The molecule has 8 heteroatoms. The van der Waals surface area contributed by atoms with Gasteiger partial charge in [-0.25, -0.2) is 13.4 Å². The van der Waals surface area contributed by atoms with E-state index in [4.69, 9.17) is 23.2 Å². The van der Waals surface area contributed by atoms with Gasteiger partial charge in [-0.3, -0.25) is 0 Å². The number of sulfone groups is 1. The van der Waals surface area contributed by atoms with Gasteiger partial charge in [-0.2, -0.15) is 4.98 Å². The first-order chi connectivity index (χ1) is 10.3. The molecule has 1 N–H and O–H groups in total. The molecule has 1 aromatic carbocycles. The molecule has 1 heterocycles. The molecule has 5 nitrogen and oxygen atoms in total. The SMILES string of the molecule is CC(C)CS(=O)(=O)c1ccccc1Nc1nc(Cl)ncc1Cl. The summed E-state index contributed by atoms with van der Waals surface area (Å²) in [4.78, 5) is 7.93. The van der Waals surface area contributed by atoms with Crippen molar-refractivity contribution in [2.45, 2.75) is 18.7 Å². The fourth-order valence-electron chi connectivity index (χ4n) is 1.93. The zero-order valence-corrected chi connectivity index (χ0v) is 14.4. The van der Waals surface area contributed by atoms with E-state index in [1.807, 2.05) is 13.8 Å². The van der Waals surface area contributed by atoms with Gasteiger partial charge >= 0.3 is 0 Å². The summed E-state index contributed by atoms with van der Waals surface area (Å²) in [5.41, 5.74) is 0.403. The maximum Gasteiger partial charge on any atom is 0.224 e.